The van der Waals surface area contributed by atoms with Crippen molar-refractivity contribution in [3.05, 3.63) is 48.0 Å². The summed E-state index contributed by atoms with van der Waals surface area (Å²) in [7, 11) is 5.13. The molecule has 7 heteroatoms. The van der Waals surface area contributed by atoms with Crippen molar-refractivity contribution >= 4 is 5.96 Å². The van der Waals surface area contributed by atoms with Gasteiger partial charge in [0, 0.05) is 13.6 Å². The van der Waals surface area contributed by atoms with E-state index in [0.29, 0.717) is 25.4 Å². The lowest BCUT2D eigenvalue weighted by Gasteiger charge is -2.22. The minimum absolute atomic E-state index is 0.112. The van der Waals surface area contributed by atoms with Crippen LogP contribution in [-0.4, -0.2) is 56.9 Å². The van der Waals surface area contributed by atoms with Gasteiger partial charge < -0.3 is 29.5 Å². The second-order valence-electron chi connectivity index (χ2n) is 6.12. The van der Waals surface area contributed by atoms with E-state index in [-0.39, 0.29) is 5.75 Å². The van der Waals surface area contributed by atoms with Crippen molar-refractivity contribution < 1.29 is 19.3 Å². The molecule has 2 N–H and O–H groups in total. The van der Waals surface area contributed by atoms with Crippen molar-refractivity contribution in [1.29, 1.82) is 0 Å². The molecule has 2 rings (SSSR count). The van der Waals surface area contributed by atoms with Gasteiger partial charge in [-0.2, -0.15) is 0 Å². The summed E-state index contributed by atoms with van der Waals surface area (Å²) in [5.74, 6) is 2.94. The first-order valence-electron chi connectivity index (χ1n) is 9.19. The zero-order valence-electron chi connectivity index (χ0n) is 16.9. The summed E-state index contributed by atoms with van der Waals surface area (Å²) < 4.78 is 16.0. The Hall–Kier alpha value is -3.09. The highest BCUT2D eigenvalue weighted by molar-refractivity contribution is 5.79. The average Bonchev–Trinajstić information content (AvgIpc) is 2.71. The molecule has 152 valence electrons. The number of methoxy groups -OCH3 is 2. The summed E-state index contributed by atoms with van der Waals surface area (Å²) in [6.45, 7) is 4.43. The molecule has 0 saturated carbocycles. The number of nitrogens with zero attached hydrogens (tertiary/aromatic N) is 2. The van der Waals surface area contributed by atoms with Gasteiger partial charge in [-0.15, -0.1) is 0 Å². The minimum Gasteiger partial charge on any atom is -0.504 e. The van der Waals surface area contributed by atoms with Crippen LogP contribution in [0.1, 0.15) is 12.5 Å². The third kappa shape index (κ3) is 6.26. The van der Waals surface area contributed by atoms with Crippen LogP contribution in [0.25, 0.3) is 0 Å². The Kier molecular flexibility index (Phi) is 8.27. The molecule has 2 aromatic carbocycles. The second kappa shape index (κ2) is 10.9. The Morgan fingerprint density at radius 3 is 2.39 bits per heavy atom. The summed E-state index contributed by atoms with van der Waals surface area (Å²) in [4.78, 5) is 6.65. The van der Waals surface area contributed by atoms with Gasteiger partial charge in [0.25, 0.3) is 0 Å². The van der Waals surface area contributed by atoms with Crippen LogP contribution in [0.2, 0.25) is 0 Å². The van der Waals surface area contributed by atoms with Crippen molar-refractivity contribution in [2.45, 2.75) is 13.5 Å². The lowest BCUT2D eigenvalue weighted by atomic mass is 10.2. The van der Waals surface area contributed by atoms with Crippen LogP contribution in [0.15, 0.2) is 47.5 Å². The number of rotatable bonds is 9. The monoisotopic (exact) mass is 387 g/mol. The molecule has 7 nitrogen and oxygen atoms in total. The van der Waals surface area contributed by atoms with Crippen molar-refractivity contribution in [2.24, 2.45) is 4.99 Å². The Morgan fingerprint density at radius 1 is 1.07 bits per heavy atom. The molecule has 28 heavy (non-hydrogen) atoms. The molecule has 0 atom stereocenters. The Labute approximate surface area is 166 Å². The van der Waals surface area contributed by atoms with Gasteiger partial charge in [0.1, 0.15) is 18.1 Å². The quantitative estimate of drug-likeness (QED) is 0.509. The molecule has 0 fully saturated rings. The average molecular weight is 387 g/mol. The lowest BCUT2D eigenvalue weighted by molar-refractivity contribution is 0.281. The lowest BCUT2D eigenvalue weighted by Crippen LogP contribution is -2.40. The smallest absolute Gasteiger partial charge is 0.194 e. The molecule has 0 saturated heterocycles. The molecular formula is C21H29N3O4. The fourth-order valence-electron chi connectivity index (χ4n) is 2.55. The number of aromatic hydroxyl groups is 1. The molecule has 0 bridgehead atoms. The van der Waals surface area contributed by atoms with Crippen molar-refractivity contribution in [1.82, 2.24) is 10.2 Å². The van der Waals surface area contributed by atoms with E-state index >= 15 is 0 Å². The molecule has 0 aromatic heterocycles. The molecule has 0 spiro atoms. The number of benzene rings is 2. The molecule has 2 aromatic rings. The van der Waals surface area contributed by atoms with Crippen LogP contribution in [-0.2, 0) is 6.54 Å². The second-order valence-corrected chi connectivity index (χ2v) is 6.12. The summed E-state index contributed by atoms with van der Waals surface area (Å²) in [5, 5.41) is 13.2. The van der Waals surface area contributed by atoms with Crippen LogP contribution in [0.5, 0.6) is 23.0 Å². The highest BCUT2D eigenvalue weighted by Gasteiger charge is 2.07. The van der Waals surface area contributed by atoms with Gasteiger partial charge in [-0.25, -0.2) is 4.99 Å². The number of nitrogens with one attached hydrogen (secondary N) is 1. The molecule has 0 radical (unpaired) electrons. The Balaban J connectivity index is 1.91. The summed E-state index contributed by atoms with van der Waals surface area (Å²) in [5.41, 5.74) is 0.900. The zero-order chi connectivity index (χ0) is 20.4. The van der Waals surface area contributed by atoms with Gasteiger partial charge in [-0.05, 0) is 48.9 Å². The first-order chi connectivity index (χ1) is 13.6. The number of guanidine groups is 1. The third-order valence-corrected chi connectivity index (χ3v) is 4.11. The number of phenolic OH excluding ortho intramolecular Hbond substituents is 1. The highest BCUT2D eigenvalue weighted by atomic mass is 16.5. The van der Waals surface area contributed by atoms with Crippen LogP contribution >= 0.6 is 0 Å². The van der Waals surface area contributed by atoms with Gasteiger partial charge >= 0.3 is 0 Å². The SMILES string of the molecule is CCNC(=NCc1ccc(OC)c(O)c1)N(C)CCOc1ccc(OC)cc1. The topological polar surface area (TPSA) is 75.6 Å². The maximum atomic E-state index is 9.90. The van der Waals surface area contributed by atoms with Crippen LogP contribution in [0.3, 0.4) is 0 Å². The minimum atomic E-state index is 0.112. The van der Waals surface area contributed by atoms with Crippen molar-refractivity contribution in [2.75, 3.05) is 41.0 Å². The normalized spacial score (nSPS) is 11.1. The summed E-state index contributed by atoms with van der Waals surface area (Å²) in [6, 6.07) is 12.8. The van der Waals surface area contributed by atoms with Gasteiger partial charge in [-0.1, -0.05) is 6.07 Å². The van der Waals surface area contributed by atoms with Gasteiger partial charge in [0.15, 0.2) is 17.5 Å². The van der Waals surface area contributed by atoms with Crippen molar-refractivity contribution in [3.63, 3.8) is 0 Å². The number of hydrogen-bond acceptors (Lipinski definition) is 5. The Bertz CT molecular complexity index is 763. The predicted molar refractivity (Wildman–Crippen MR) is 111 cm³/mol. The van der Waals surface area contributed by atoms with Crippen LogP contribution < -0.4 is 19.5 Å². The maximum Gasteiger partial charge on any atom is 0.194 e. The Morgan fingerprint density at radius 2 is 1.79 bits per heavy atom. The first-order valence-corrected chi connectivity index (χ1v) is 9.19. The van der Waals surface area contributed by atoms with Crippen LogP contribution in [0, 0.1) is 0 Å². The number of ether oxygens (including phenoxy) is 3. The van der Waals surface area contributed by atoms with E-state index in [0.717, 1.165) is 29.6 Å². The van der Waals surface area contributed by atoms with E-state index < -0.39 is 0 Å². The van der Waals surface area contributed by atoms with E-state index in [9.17, 15) is 5.11 Å². The van der Waals surface area contributed by atoms with Crippen molar-refractivity contribution in [3.8, 4) is 23.0 Å². The fraction of sp³-hybridized carbons (Fsp3) is 0.381. The maximum absolute atomic E-state index is 9.90. The van der Waals surface area contributed by atoms with E-state index in [4.69, 9.17) is 14.2 Å². The standard InChI is InChI=1S/C21H29N3O4/c1-5-22-21(23-15-16-6-11-20(27-4)19(25)14-16)24(2)12-13-28-18-9-7-17(26-3)8-10-18/h6-11,14,25H,5,12-13,15H2,1-4H3,(H,22,23). The number of likely N-dealkylation sites (N-methyl/N-ethyl adjacent to an activating group) is 1. The number of hydrogen-bond donors (Lipinski definition) is 2. The zero-order valence-corrected chi connectivity index (χ0v) is 16.9. The molecule has 0 aliphatic heterocycles. The third-order valence-electron chi connectivity index (χ3n) is 4.11. The summed E-state index contributed by atoms with van der Waals surface area (Å²) >= 11 is 0. The molecule has 0 aliphatic carbocycles. The first kappa shape index (κ1) is 21.2. The van der Waals surface area contributed by atoms with E-state index in [1.54, 1.807) is 19.2 Å². The largest absolute Gasteiger partial charge is 0.504 e. The molecule has 0 unspecified atom stereocenters. The van der Waals surface area contributed by atoms with E-state index in [1.165, 1.54) is 7.11 Å². The fourth-order valence-corrected chi connectivity index (χ4v) is 2.55. The molecular weight excluding hydrogens is 358 g/mol. The van der Waals surface area contributed by atoms with Gasteiger partial charge in [0.05, 0.1) is 27.3 Å². The number of phenols is 1. The molecule has 0 amide bonds. The highest BCUT2D eigenvalue weighted by Crippen LogP contribution is 2.26. The predicted octanol–water partition coefficient (Wildman–Crippen LogP) is 2.89. The summed E-state index contributed by atoms with van der Waals surface area (Å²) in [6.07, 6.45) is 0. The van der Waals surface area contributed by atoms with Gasteiger partial charge in [-0.3, -0.25) is 0 Å². The van der Waals surface area contributed by atoms with Gasteiger partial charge in [0.2, 0.25) is 0 Å². The molecule has 0 heterocycles. The van der Waals surface area contributed by atoms with E-state index in [1.807, 2.05) is 49.2 Å². The molecule has 0 aliphatic rings. The van der Waals surface area contributed by atoms with E-state index in [2.05, 4.69) is 10.3 Å². The van der Waals surface area contributed by atoms with Crippen LogP contribution in [0.4, 0.5) is 0 Å². The number of aliphatic imine (C=N–C) groups is 1.